The minimum absolute atomic E-state index is 0.0208. The number of nitrogens with two attached hydrogens (primary N) is 1. The summed E-state index contributed by atoms with van der Waals surface area (Å²) in [5.41, 5.74) is 8.72. The number of hydrogen-bond donors (Lipinski definition) is 2. The van der Waals surface area contributed by atoms with Crippen LogP contribution >= 0.6 is 11.8 Å². The molecule has 0 spiro atoms. The first-order valence-electron chi connectivity index (χ1n) is 6.89. The van der Waals surface area contributed by atoms with Gasteiger partial charge in [0.2, 0.25) is 5.91 Å². The molecular weight excluding hydrogens is 280 g/mol. The fourth-order valence-corrected chi connectivity index (χ4v) is 2.80. The SMILES string of the molecule is Cc1cc(SCC(=O)NC(C)c2ccccc2)ccc1N. The number of thioether (sulfide) groups is 1. The highest BCUT2D eigenvalue weighted by Gasteiger charge is 2.09. The second-order valence-electron chi connectivity index (χ2n) is 5.01. The number of benzene rings is 2. The van der Waals surface area contributed by atoms with Gasteiger partial charge >= 0.3 is 0 Å². The molecule has 1 amide bonds. The van der Waals surface area contributed by atoms with Gasteiger partial charge in [-0.15, -0.1) is 11.8 Å². The molecular formula is C17H20N2OS. The van der Waals surface area contributed by atoms with Crippen LogP contribution in [0.4, 0.5) is 5.69 Å². The van der Waals surface area contributed by atoms with Crippen molar-refractivity contribution < 1.29 is 4.79 Å². The van der Waals surface area contributed by atoms with Crippen LogP contribution in [0.2, 0.25) is 0 Å². The smallest absolute Gasteiger partial charge is 0.230 e. The van der Waals surface area contributed by atoms with Gasteiger partial charge in [0.05, 0.1) is 11.8 Å². The summed E-state index contributed by atoms with van der Waals surface area (Å²) in [5, 5.41) is 3.01. The molecule has 4 heteroatoms. The van der Waals surface area contributed by atoms with Crippen LogP contribution in [0.3, 0.4) is 0 Å². The molecule has 0 fully saturated rings. The van der Waals surface area contributed by atoms with Gasteiger partial charge in [-0.25, -0.2) is 0 Å². The summed E-state index contributed by atoms with van der Waals surface area (Å²) in [4.78, 5) is 13.1. The number of nitrogen functional groups attached to an aromatic ring is 1. The van der Waals surface area contributed by atoms with Crippen LogP contribution in [-0.4, -0.2) is 11.7 Å². The summed E-state index contributed by atoms with van der Waals surface area (Å²) in [7, 11) is 0. The van der Waals surface area contributed by atoms with E-state index in [-0.39, 0.29) is 11.9 Å². The number of aryl methyl sites for hydroxylation is 1. The highest BCUT2D eigenvalue weighted by molar-refractivity contribution is 8.00. The van der Waals surface area contributed by atoms with Crippen molar-refractivity contribution >= 4 is 23.4 Å². The van der Waals surface area contributed by atoms with Crippen LogP contribution < -0.4 is 11.1 Å². The van der Waals surface area contributed by atoms with E-state index in [2.05, 4.69) is 5.32 Å². The van der Waals surface area contributed by atoms with Crippen molar-refractivity contribution in [3.8, 4) is 0 Å². The Labute approximate surface area is 129 Å². The maximum Gasteiger partial charge on any atom is 0.230 e. The second-order valence-corrected chi connectivity index (χ2v) is 6.06. The third-order valence-electron chi connectivity index (χ3n) is 3.29. The minimum Gasteiger partial charge on any atom is -0.399 e. The summed E-state index contributed by atoms with van der Waals surface area (Å²) in [6, 6.07) is 15.8. The number of rotatable bonds is 5. The topological polar surface area (TPSA) is 55.1 Å². The molecule has 2 aromatic rings. The van der Waals surface area contributed by atoms with Crippen molar-refractivity contribution in [3.05, 3.63) is 59.7 Å². The predicted molar refractivity (Wildman–Crippen MR) is 89.3 cm³/mol. The fourth-order valence-electron chi connectivity index (χ4n) is 2.00. The average molecular weight is 300 g/mol. The first kappa shape index (κ1) is 15.4. The van der Waals surface area contributed by atoms with E-state index in [0.29, 0.717) is 5.75 Å². The summed E-state index contributed by atoms with van der Waals surface area (Å²) >= 11 is 1.52. The van der Waals surface area contributed by atoms with E-state index >= 15 is 0 Å². The maximum atomic E-state index is 12.0. The van der Waals surface area contributed by atoms with Gasteiger partial charge in [-0.05, 0) is 43.2 Å². The standard InChI is InChI=1S/C17H20N2OS/c1-12-10-15(8-9-16(12)18)21-11-17(20)19-13(2)14-6-4-3-5-7-14/h3-10,13H,11,18H2,1-2H3,(H,19,20). The molecule has 1 atom stereocenters. The van der Waals surface area contributed by atoms with Crippen LogP contribution in [0, 0.1) is 6.92 Å². The number of carbonyl (C=O) groups is 1. The van der Waals surface area contributed by atoms with E-state index in [1.54, 1.807) is 0 Å². The van der Waals surface area contributed by atoms with Gasteiger partial charge in [0, 0.05) is 10.6 Å². The largest absolute Gasteiger partial charge is 0.399 e. The highest BCUT2D eigenvalue weighted by atomic mass is 32.2. The lowest BCUT2D eigenvalue weighted by molar-refractivity contribution is -0.119. The Kier molecular flexibility index (Phi) is 5.28. The van der Waals surface area contributed by atoms with E-state index in [1.165, 1.54) is 11.8 Å². The molecule has 21 heavy (non-hydrogen) atoms. The number of hydrogen-bond acceptors (Lipinski definition) is 3. The Morgan fingerprint density at radius 1 is 1.24 bits per heavy atom. The zero-order chi connectivity index (χ0) is 15.2. The predicted octanol–water partition coefficient (Wildman–Crippen LogP) is 3.55. The Morgan fingerprint density at radius 3 is 2.62 bits per heavy atom. The lowest BCUT2D eigenvalue weighted by atomic mass is 10.1. The lowest BCUT2D eigenvalue weighted by Gasteiger charge is -2.14. The molecule has 0 radical (unpaired) electrons. The molecule has 0 aliphatic rings. The van der Waals surface area contributed by atoms with Crippen LogP contribution in [0.5, 0.6) is 0 Å². The van der Waals surface area contributed by atoms with Crippen molar-refractivity contribution in [3.63, 3.8) is 0 Å². The zero-order valence-corrected chi connectivity index (χ0v) is 13.1. The summed E-state index contributed by atoms with van der Waals surface area (Å²) < 4.78 is 0. The van der Waals surface area contributed by atoms with E-state index in [4.69, 9.17) is 5.73 Å². The Balaban J connectivity index is 1.86. The first-order chi connectivity index (χ1) is 10.1. The number of anilines is 1. The van der Waals surface area contributed by atoms with Crippen LogP contribution in [-0.2, 0) is 4.79 Å². The molecule has 0 heterocycles. The number of carbonyl (C=O) groups excluding carboxylic acids is 1. The van der Waals surface area contributed by atoms with Gasteiger partial charge < -0.3 is 11.1 Å². The molecule has 0 aliphatic carbocycles. The number of amides is 1. The van der Waals surface area contributed by atoms with Crippen molar-refractivity contribution in [2.24, 2.45) is 0 Å². The molecule has 110 valence electrons. The first-order valence-corrected chi connectivity index (χ1v) is 7.88. The Morgan fingerprint density at radius 2 is 1.95 bits per heavy atom. The Hall–Kier alpha value is -1.94. The molecule has 2 rings (SSSR count). The third kappa shape index (κ3) is 4.53. The van der Waals surface area contributed by atoms with Gasteiger partial charge in [0.25, 0.3) is 0 Å². The monoisotopic (exact) mass is 300 g/mol. The van der Waals surface area contributed by atoms with Crippen molar-refractivity contribution in [1.29, 1.82) is 0 Å². The van der Waals surface area contributed by atoms with Crippen molar-refractivity contribution in [2.45, 2.75) is 24.8 Å². The lowest BCUT2D eigenvalue weighted by Crippen LogP contribution is -2.28. The highest BCUT2D eigenvalue weighted by Crippen LogP contribution is 2.22. The Bertz CT molecular complexity index is 613. The molecule has 0 saturated heterocycles. The average Bonchev–Trinajstić information content (AvgIpc) is 2.49. The molecule has 0 saturated carbocycles. The van der Waals surface area contributed by atoms with Crippen molar-refractivity contribution in [2.75, 3.05) is 11.5 Å². The van der Waals surface area contributed by atoms with Gasteiger partial charge in [-0.2, -0.15) is 0 Å². The van der Waals surface area contributed by atoms with Crippen molar-refractivity contribution in [1.82, 2.24) is 5.32 Å². The van der Waals surface area contributed by atoms with E-state index in [1.807, 2.05) is 62.4 Å². The second kappa shape index (κ2) is 7.18. The summed E-state index contributed by atoms with van der Waals surface area (Å²) in [6.07, 6.45) is 0. The summed E-state index contributed by atoms with van der Waals surface area (Å²) in [6.45, 7) is 3.96. The molecule has 0 aromatic heterocycles. The van der Waals surface area contributed by atoms with E-state index < -0.39 is 0 Å². The van der Waals surface area contributed by atoms with Crippen LogP contribution in [0.15, 0.2) is 53.4 Å². The molecule has 0 aliphatic heterocycles. The number of nitrogens with one attached hydrogen (secondary N) is 1. The van der Waals surface area contributed by atoms with Gasteiger partial charge in [0.15, 0.2) is 0 Å². The van der Waals surface area contributed by atoms with E-state index in [0.717, 1.165) is 21.7 Å². The van der Waals surface area contributed by atoms with Crippen LogP contribution in [0.25, 0.3) is 0 Å². The van der Waals surface area contributed by atoms with Gasteiger partial charge in [-0.1, -0.05) is 30.3 Å². The van der Waals surface area contributed by atoms with E-state index in [9.17, 15) is 4.79 Å². The normalized spacial score (nSPS) is 11.9. The van der Waals surface area contributed by atoms with Gasteiger partial charge in [-0.3, -0.25) is 4.79 Å². The molecule has 2 aromatic carbocycles. The minimum atomic E-state index is 0.0208. The third-order valence-corrected chi connectivity index (χ3v) is 4.28. The molecule has 1 unspecified atom stereocenters. The molecule has 0 bridgehead atoms. The quantitative estimate of drug-likeness (QED) is 0.656. The van der Waals surface area contributed by atoms with Crippen LogP contribution in [0.1, 0.15) is 24.1 Å². The fraction of sp³-hybridized carbons (Fsp3) is 0.235. The van der Waals surface area contributed by atoms with Gasteiger partial charge in [0.1, 0.15) is 0 Å². The molecule has 3 N–H and O–H groups in total. The summed E-state index contributed by atoms with van der Waals surface area (Å²) in [5.74, 6) is 0.436. The maximum absolute atomic E-state index is 12.0. The molecule has 3 nitrogen and oxygen atoms in total. The zero-order valence-electron chi connectivity index (χ0n) is 12.3.